The van der Waals surface area contributed by atoms with Gasteiger partial charge in [-0.15, -0.1) is 0 Å². The summed E-state index contributed by atoms with van der Waals surface area (Å²) in [4.78, 5) is 31.2. The second-order valence-corrected chi connectivity index (χ2v) is 4.90. The van der Waals surface area contributed by atoms with E-state index in [1.165, 1.54) is 18.5 Å². The molecule has 116 valence electrons. The minimum atomic E-state index is -0.518. The second-order valence-electron chi connectivity index (χ2n) is 4.90. The smallest absolute Gasteiger partial charge is 0.335 e. The van der Waals surface area contributed by atoms with Crippen molar-refractivity contribution in [3.8, 4) is 5.82 Å². The number of rotatable bonds is 3. The molecule has 0 radical (unpaired) electrons. The summed E-state index contributed by atoms with van der Waals surface area (Å²) in [7, 11) is 0. The van der Waals surface area contributed by atoms with Crippen molar-refractivity contribution in [2.24, 2.45) is 0 Å². The molecule has 0 unspecified atom stereocenters. The molecular weight excluding hydrogens is 298 g/mol. The van der Waals surface area contributed by atoms with Crippen LogP contribution in [0.5, 0.6) is 0 Å². The number of aryl methyl sites for hydroxylation is 2. The molecule has 8 heteroatoms. The molecule has 0 bridgehead atoms. The van der Waals surface area contributed by atoms with Crippen LogP contribution in [0, 0.1) is 13.8 Å². The number of nitrogens with zero attached hydrogens (tertiary/aromatic N) is 4. The van der Waals surface area contributed by atoms with Crippen molar-refractivity contribution in [2.45, 2.75) is 13.8 Å². The van der Waals surface area contributed by atoms with Gasteiger partial charge in [0.2, 0.25) is 0 Å². The monoisotopic (exact) mass is 311 g/mol. The van der Waals surface area contributed by atoms with Crippen LogP contribution in [-0.4, -0.2) is 25.7 Å². The highest BCUT2D eigenvalue weighted by Crippen LogP contribution is 2.13. The first-order chi connectivity index (χ1) is 11.0. The van der Waals surface area contributed by atoms with Gasteiger partial charge in [-0.25, -0.2) is 19.4 Å². The number of nitrogens with one attached hydrogen (secondary N) is 1. The summed E-state index contributed by atoms with van der Waals surface area (Å²) in [6.07, 6.45) is 2.44. The van der Waals surface area contributed by atoms with E-state index in [2.05, 4.69) is 24.8 Å². The highest BCUT2D eigenvalue weighted by atomic mass is 16.4. The average molecular weight is 311 g/mol. The van der Waals surface area contributed by atoms with Crippen molar-refractivity contribution in [1.82, 2.24) is 19.7 Å². The highest BCUT2D eigenvalue weighted by Gasteiger charge is 2.10. The number of hydrogen-bond acceptors (Lipinski definition) is 6. The van der Waals surface area contributed by atoms with Gasteiger partial charge in [-0.3, -0.25) is 4.79 Å². The molecule has 0 atom stereocenters. The Morgan fingerprint density at radius 1 is 1.22 bits per heavy atom. The van der Waals surface area contributed by atoms with Crippen LogP contribution >= 0.6 is 0 Å². The Bertz CT molecular complexity index is 908. The minimum absolute atomic E-state index is 0.218. The van der Waals surface area contributed by atoms with Gasteiger partial charge in [0.1, 0.15) is 18.4 Å². The summed E-state index contributed by atoms with van der Waals surface area (Å²) in [5, 5.41) is 6.95. The molecule has 3 aromatic rings. The van der Waals surface area contributed by atoms with Gasteiger partial charge in [-0.05, 0) is 26.0 Å². The van der Waals surface area contributed by atoms with Crippen molar-refractivity contribution in [3.05, 3.63) is 64.2 Å². The van der Waals surface area contributed by atoms with Gasteiger partial charge in [0.15, 0.2) is 5.82 Å². The van der Waals surface area contributed by atoms with Crippen molar-refractivity contribution in [2.75, 3.05) is 5.32 Å². The van der Waals surface area contributed by atoms with E-state index in [1.807, 2.05) is 19.9 Å². The molecule has 0 saturated carbocycles. The SMILES string of the molecule is Cc1cc(C)n(-c2cc(NC(=O)c3ccc(=O)oc3)ncn2)n1. The molecule has 0 aliphatic rings. The maximum absolute atomic E-state index is 12.1. The molecule has 23 heavy (non-hydrogen) atoms. The molecule has 1 amide bonds. The lowest BCUT2D eigenvalue weighted by Crippen LogP contribution is -2.14. The van der Waals surface area contributed by atoms with Gasteiger partial charge in [0, 0.05) is 17.8 Å². The number of amides is 1. The Kier molecular flexibility index (Phi) is 3.71. The molecule has 0 fully saturated rings. The highest BCUT2D eigenvalue weighted by molar-refractivity contribution is 6.03. The average Bonchev–Trinajstić information content (AvgIpc) is 2.87. The van der Waals surface area contributed by atoms with Crippen LogP contribution < -0.4 is 10.9 Å². The molecule has 0 aromatic carbocycles. The van der Waals surface area contributed by atoms with Crippen LogP contribution in [0.1, 0.15) is 21.7 Å². The maximum atomic E-state index is 12.1. The van der Waals surface area contributed by atoms with Crippen molar-refractivity contribution in [1.29, 1.82) is 0 Å². The molecule has 3 rings (SSSR count). The fourth-order valence-corrected chi connectivity index (χ4v) is 2.07. The maximum Gasteiger partial charge on any atom is 0.335 e. The first-order valence-electron chi connectivity index (χ1n) is 6.79. The Hall–Kier alpha value is -3.29. The van der Waals surface area contributed by atoms with Crippen LogP contribution in [-0.2, 0) is 0 Å². The molecule has 0 spiro atoms. The number of anilines is 1. The first kappa shape index (κ1) is 14.6. The van der Waals surface area contributed by atoms with Gasteiger partial charge in [-0.2, -0.15) is 5.10 Å². The predicted molar refractivity (Wildman–Crippen MR) is 81.6 cm³/mol. The number of hydrogen-bond donors (Lipinski definition) is 1. The zero-order valence-corrected chi connectivity index (χ0v) is 12.5. The van der Waals surface area contributed by atoms with E-state index in [0.29, 0.717) is 11.6 Å². The van der Waals surface area contributed by atoms with Crippen molar-refractivity contribution in [3.63, 3.8) is 0 Å². The summed E-state index contributed by atoms with van der Waals surface area (Å²) in [5.74, 6) is 0.422. The van der Waals surface area contributed by atoms with E-state index in [0.717, 1.165) is 17.7 Å². The number of carbonyl (C=O) groups excluding carboxylic acids is 1. The van der Waals surface area contributed by atoms with Crippen molar-refractivity contribution < 1.29 is 9.21 Å². The van der Waals surface area contributed by atoms with Gasteiger partial charge in [-0.1, -0.05) is 0 Å². The molecular formula is C15H13N5O3. The summed E-state index contributed by atoms with van der Waals surface area (Å²) < 4.78 is 6.33. The number of carbonyl (C=O) groups is 1. The molecule has 8 nitrogen and oxygen atoms in total. The summed E-state index contributed by atoms with van der Waals surface area (Å²) in [5.41, 5.74) is 1.49. The van der Waals surface area contributed by atoms with E-state index < -0.39 is 11.5 Å². The predicted octanol–water partition coefficient (Wildman–Crippen LogP) is 1.48. The normalized spacial score (nSPS) is 10.5. The third-order valence-corrected chi connectivity index (χ3v) is 3.08. The number of aromatic nitrogens is 4. The molecule has 1 N–H and O–H groups in total. The van der Waals surface area contributed by atoms with E-state index in [-0.39, 0.29) is 5.56 Å². The van der Waals surface area contributed by atoms with Gasteiger partial charge >= 0.3 is 5.63 Å². The fourth-order valence-electron chi connectivity index (χ4n) is 2.07. The molecule has 3 aromatic heterocycles. The zero-order chi connectivity index (χ0) is 16.4. The van der Waals surface area contributed by atoms with Crippen LogP contribution in [0.2, 0.25) is 0 Å². The lowest BCUT2D eigenvalue weighted by Gasteiger charge is -2.06. The lowest BCUT2D eigenvalue weighted by atomic mass is 10.3. The first-order valence-corrected chi connectivity index (χ1v) is 6.79. The van der Waals surface area contributed by atoms with E-state index >= 15 is 0 Å². The van der Waals surface area contributed by atoms with E-state index in [4.69, 9.17) is 0 Å². The van der Waals surface area contributed by atoms with Crippen LogP contribution in [0.15, 0.2) is 46.1 Å². The van der Waals surface area contributed by atoms with Crippen LogP contribution in [0.25, 0.3) is 5.82 Å². The Labute approximate surface area is 130 Å². The van der Waals surface area contributed by atoms with E-state index in [9.17, 15) is 9.59 Å². The molecule has 0 aliphatic heterocycles. The third kappa shape index (κ3) is 3.15. The zero-order valence-electron chi connectivity index (χ0n) is 12.5. The minimum Gasteiger partial charge on any atom is -0.430 e. The fraction of sp³-hybridized carbons (Fsp3) is 0.133. The van der Waals surface area contributed by atoms with E-state index in [1.54, 1.807) is 10.7 Å². The van der Waals surface area contributed by atoms with Gasteiger partial charge < -0.3 is 9.73 Å². The van der Waals surface area contributed by atoms with Crippen LogP contribution in [0.3, 0.4) is 0 Å². The van der Waals surface area contributed by atoms with Crippen LogP contribution in [0.4, 0.5) is 5.82 Å². The van der Waals surface area contributed by atoms with Gasteiger partial charge in [0.25, 0.3) is 5.91 Å². The Morgan fingerprint density at radius 3 is 2.70 bits per heavy atom. The summed E-state index contributed by atoms with van der Waals surface area (Å²) in [6.45, 7) is 3.79. The quantitative estimate of drug-likeness (QED) is 0.786. The Morgan fingerprint density at radius 2 is 2.04 bits per heavy atom. The molecule has 0 aliphatic carbocycles. The lowest BCUT2D eigenvalue weighted by molar-refractivity contribution is 0.102. The summed E-state index contributed by atoms with van der Waals surface area (Å²) in [6, 6.07) is 6.09. The molecule has 3 heterocycles. The van der Waals surface area contributed by atoms with Gasteiger partial charge in [0.05, 0.1) is 11.3 Å². The molecule has 0 saturated heterocycles. The van der Waals surface area contributed by atoms with Crippen molar-refractivity contribution >= 4 is 11.7 Å². The summed E-state index contributed by atoms with van der Waals surface area (Å²) >= 11 is 0. The topological polar surface area (TPSA) is 103 Å². The standard InChI is InChI=1S/C15H13N5O3/c1-9-5-10(2)20(19-9)13-6-12(16-8-17-13)18-15(22)11-3-4-14(21)23-7-11/h3-8H,1-2H3,(H,16,17,18,22). The largest absolute Gasteiger partial charge is 0.430 e. The Balaban J connectivity index is 1.85. The third-order valence-electron chi connectivity index (χ3n) is 3.08. The second kappa shape index (κ2) is 5.84.